The highest BCUT2D eigenvalue weighted by Gasteiger charge is 2.67. The van der Waals surface area contributed by atoms with Gasteiger partial charge in [-0.2, -0.15) is 0 Å². The minimum Gasteiger partial charge on any atom is -0.394 e. The first-order chi connectivity index (χ1) is 13.4. The number of nitrogens with zero attached hydrogens (tertiary/aromatic N) is 2. The van der Waals surface area contributed by atoms with E-state index in [0.717, 1.165) is 16.7 Å². The molecule has 0 bridgehead atoms. The van der Waals surface area contributed by atoms with Crippen LogP contribution in [0.15, 0.2) is 48.5 Å². The topological polar surface area (TPSA) is 60.9 Å². The zero-order valence-corrected chi connectivity index (χ0v) is 15.9. The second-order valence-corrected chi connectivity index (χ2v) is 7.72. The Kier molecular flexibility index (Phi) is 4.46. The van der Waals surface area contributed by atoms with Crippen LogP contribution in [0.4, 0.5) is 4.39 Å². The third-order valence-electron chi connectivity index (χ3n) is 6.12. The van der Waals surface area contributed by atoms with Crippen LogP contribution >= 0.6 is 0 Å². The predicted octanol–water partition coefficient (Wildman–Crippen LogP) is 2.40. The molecule has 2 amide bonds. The second kappa shape index (κ2) is 6.71. The summed E-state index contributed by atoms with van der Waals surface area (Å²) in [6.07, 6.45) is 0. The number of halogens is 1. The average molecular weight is 382 g/mol. The molecule has 1 spiro atoms. The number of amides is 2. The number of likely N-dealkylation sites (tertiary alicyclic amines) is 2. The van der Waals surface area contributed by atoms with Gasteiger partial charge in [0.1, 0.15) is 5.82 Å². The molecule has 0 aromatic heterocycles. The minimum atomic E-state index is -0.442. The Bertz CT molecular complexity index is 904. The summed E-state index contributed by atoms with van der Waals surface area (Å²) in [4.78, 5) is 27.4. The van der Waals surface area contributed by atoms with E-state index < -0.39 is 5.54 Å². The minimum absolute atomic E-state index is 0.00742. The fourth-order valence-electron chi connectivity index (χ4n) is 4.88. The number of carbonyl (C=O) groups is 2. The predicted molar refractivity (Wildman–Crippen MR) is 103 cm³/mol. The van der Waals surface area contributed by atoms with E-state index in [-0.39, 0.29) is 36.2 Å². The number of benzene rings is 2. The summed E-state index contributed by atoms with van der Waals surface area (Å²) in [7, 11) is 0. The third-order valence-corrected chi connectivity index (χ3v) is 6.12. The van der Waals surface area contributed by atoms with Crippen molar-refractivity contribution in [2.24, 2.45) is 0 Å². The highest BCUT2D eigenvalue weighted by Crippen LogP contribution is 2.53. The van der Waals surface area contributed by atoms with Gasteiger partial charge in [0.05, 0.1) is 18.2 Å². The maximum absolute atomic E-state index is 13.1. The summed E-state index contributed by atoms with van der Waals surface area (Å²) in [5, 5.41) is 9.91. The van der Waals surface area contributed by atoms with Crippen LogP contribution in [0, 0.1) is 5.82 Å². The molecule has 2 aliphatic rings. The lowest BCUT2D eigenvalue weighted by Crippen LogP contribution is -2.85. The fourth-order valence-corrected chi connectivity index (χ4v) is 4.88. The molecule has 0 aliphatic carbocycles. The van der Waals surface area contributed by atoms with Gasteiger partial charge in [0.25, 0.3) is 0 Å². The van der Waals surface area contributed by atoms with Gasteiger partial charge in [-0.3, -0.25) is 9.59 Å². The summed E-state index contributed by atoms with van der Waals surface area (Å²) < 4.78 is 13.1. The van der Waals surface area contributed by atoms with E-state index in [4.69, 9.17) is 0 Å². The Labute approximate surface area is 163 Å². The van der Waals surface area contributed by atoms with Gasteiger partial charge in [0.2, 0.25) is 11.8 Å². The van der Waals surface area contributed by atoms with Crippen molar-refractivity contribution in [1.29, 1.82) is 0 Å². The molecule has 2 aromatic carbocycles. The molecule has 28 heavy (non-hydrogen) atoms. The van der Waals surface area contributed by atoms with E-state index in [9.17, 15) is 19.1 Å². The van der Waals surface area contributed by atoms with Gasteiger partial charge in [-0.1, -0.05) is 36.4 Å². The first kappa shape index (κ1) is 18.6. The fraction of sp³-hybridized carbons (Fsp3) is 0.364. The van der Waals surface area contributed by atoms with Crippen molar-refractivity contribution in [3.05, 3.63) is 59.9 Å². The van der Waals surface area contributed by atoms with Crippen LogP contribution in [0.5, 0.6) is 0 Å². The molecule has 4 rings (SSSR count). The Hall–Kier alpha value is -2.73. The quantitative estimate of drug-likeness (QED) is 0.887. The molecule has 0 saturated carbocycles. The van der Waals surface area contributed by atoms with E-state index in [1.165, 1.54) is 26.0 Å². The Balaban J connectivity index is 1.63. The number of rotatable bonds is 3. The molecule has 2 aromatic rings. The summed E-state index contributed by atoms with van der Waals surface area (Å²) in [5.74, 6) is -0.389. The van der Waals surface area contributed by atoms with Gasteiger partial charge >= 0.3 is 0 Å². The van der Waals surface area contributed by atoms with Gasteiger partial charge in [-0.25, -0.2) is 4.39 Å². The molecule has 6 heteroatoms. The van der Waals surface area contributed by atoms with Crippen LogP contribution in [0.25, 0.3) is 11.1 Å². The van der Waals surface area contributed by atoms with Crippen molar-refractivity contribution < 1.29 is 19.1 Å². The monoisotopic (exact) mass is 382 g/mol. The van der Waals surface area contributed by atoms with Gasteiger partial charge in [0.15, 0.2) is 0 Å². The molecule has 2 saturated heterocycles. The van der Waals surface area contributed by atoms with Gasteiger partial charge in [-0.15, -0.1) is 0 Å². The number of carbonyl (C=O) groups excluding carboxylic acids is 2. The highest BCUT2D eigenvalue weighted by molar-refractivity contribution is 5.80. The number of aliphatic hydroxyl groups excluding tert-OH is 1. The number of hydrogen-bond acceptors (Lipinski definition) is 3. The van der Waals surface area contributed by atoms with Crippen LogP contribution in [-0.2, 0) is 9.59 Å². The highest BCUT2D eigenvalue weighted by atomic mass is 19.1. The normalized spacial score (nSPS) is 22.6. The summed E-state index contributed by atoms with van der Waals surface area (Å²) in [5.41, 5.74) is 2.49. The summed E-state index contributed by atoms with van der Waals surface area (Å²) >= 11 is 0. The van der Waals surface area contributed by atoms with Crippen LogP contribution in [-0.4, -0.2) is 58.0 Å². The summed E-state index contributed by atoms with van der Waals surface area (Å²) in [6.45, 7) is 3.89. The molecule has 2 fully saturated rings. The van der Waals surface area contributed by atoms with Crippen molar-refractivity contribution in [3.8, 4) is 11.1 Å². The van der Waals surface area contributed by atoms with Crippen LogP contribution in [0.1, 0.15) is 25.3 Å². The van der Waals surface area contributed by atoms with E-state index in [2.05, 4.69) is 0 Å². The zero-order chi connectivity index (χ0) is 20.1. The molecule has 2 atom stereocenters. The molecule has 146 valence electrons. The van der Waals surface area contributed by atoms with Crippen molar-refractivity contribution in [2.45, 2.75) is 31.3 Å². The lowest BCUT2D eigenvalue weighted by molar-refractivity contribution is -0.200. The van der Waals surface area contributed by atoms with Gasteiger partial charge < -0.3 is 14.9 Å². The summed E-state index contributed by atoms with van der Waals surface area (Å²) in [6, 6.07) is 14.0. The molecule has 0 radical (unpaired) electrons. The number of aliphatic hydroxyl groups is 1. The maximum atomic E-state index is 13.1. The average Bonchev–Trinajstić information content (AvgIpc) is 2.60. The van der Waals surface area contributed by atoms with E-state index in [1.807, 2.05) is 24.3 Å². The van der Waals surface area contributed by atoms with Crippen molar-refractivity contribution in [2.75, 3.05) is 19.7 Å². The molecule has 5 nitrogen and oxygen atoms in total. The Morgan fingerprint density at radius 1 is 1.00 bits per heavy atom. The van der Waals surface area contributed by atoms with E-state index in [1.54, 1.807) is 21.9 Å². The van der Waals surface area contributed by atoms with Crippen molar-refractivity contribution in [1.82, 2.24) is 9.80 Å². The van der Waals surface area contributed by atoms with E-state index >= 15 is 0 Å². The van der Waals surface area contributed by atoms with Crippen molar-refractivity contribution >= 4 is 11.8 Å². The lowest BCUT2D eigenvalue weighted by Gasteiger charge is -2.70. The second-order valence-electron chi connectivity index (χ2n) is 7.72. The standard InChI is InChI=1S/C22H23FN2O3/c1-14(27)24-12-22(13-24)21(20(11-26)25(22)15(2)28)18-5-3-16(4-6-18)17-7-9-19(23)10-8-17/h3-10,20-21,26H,11-13H2,1-2H3/t20-,21-/m0/s1. The van der Waals surface area contributed by atoms with Crippen LogP contribution in [0.2, 0.25) is 0 Å². The molecule has 2 aliphatic heterocycles. The maximum Gasteiger partial charge on any atom is 0.220 e. The molecule has 1 N–H and O–H groups in total. The Morgan fingerprint density at radius 3 is 2.00 bits per heavy atom. The largest absolute Gasteiger partial charge is 0.394 e. The SMILES string of the molecule is CC(=O)N1CC2(C1)[C@@H](c1ccc(-c3ccc(F)cc3)cc1)[C@H](CO)N2C(C)=O. The first-order valence-corrected chi connectivity index (χ1v) is 9.39. The smallest absolute Gasteiger partial charge is 0.220 e. The van der Waals surface area contributed by atoms with Gasteiger partial charge in [-0.05, 0) is 28.8 Å². The van der Waals surface area contributed by atoms with Crippen LogP contribution < -0.4 is 0 Å². The molecular formula is C22H23FN2O3. The van der Waals surface area contributed by atoms with Crippen molar-refractivity contribution in [3.63, 3.8) is 0 Å². The molecule has 0 unspecified atom stereocenters. The molecular weight excluding hydrogens is 359 g/mol. The lowest BCUT2D eigenvalue weighted by atomic mass is 9.60. The first-order valence-electron chi connectivity index (χ1n) is 9.39. The third kappa shape index (κ3) is 2.71. The molecule has 2 heterocycles. The van der Waals surface area contributed by atoms with Crippen LogP contribution in [0.3, 0.4) is 0 Å². The Morgan fingerprint density at radius 2 is 1.54 bits per heavy atom. The number of hydrogen-bond donors (Lipinski definition) is 1. The van der Waals surface area contributed by atoms with E-state index in [0.29, 0.717) is 13.1 Å². The zero-order valence-electron chi connectivity index (χ0n) is 15.9. The van der Waals surface area contributed by atoms with Gasteiger partial charge in [0, 0.05) is 32.9 Å².